The zero-order valence-electron chi connectivity index (χ0n) is 15.7. The van der Waals surface area contributed by atoms with Crippen LogP contribution in [-0.4, -0.2) is 24.8 Å². The van der Waals surface area contributed by atoms with E-state index in [9.17, 15) is 14.4 Å². The number of benzene rings is 2. The van der Waals surface area contributed by atoms with E-state index in [4.69, 9.17) is 4.74 Å². The van der Waals surface area contributed by atoms with Crippen molar-refractivity contribution in [3.63, 3.8) is 0 Å². The van der Waals surface area contributed by atoms with E-state index in [1.165, 1.54) is 4.90 Å². The molecule has 1 aliphatic heterocycles. The van der Waals surface area contributed by atoms with Crippen molar-refractivity contribution in [1.29, 1.82) is 0 Å². The fourth-order valence-corrected chi connectivity index (χ4v) is 4.11. The molecular weight excluding hydrogens is 356 g/mol. The Morgan fingerprint density at radius 2 is 1.68 bits per heavy atom. The maximum Gasteiger partial charge on any atom is 0.255 e. The lowest BCUT2D eigenvalue weighted by Crippen LogP contribution is -2.31. The van der Waals surface area contributed by atoms with Crippen LogP contribution in [0.25, 0.3) is 0 Å². The third kappa shape index (κ3) is 3.26. The van der Waals surface area contributed by atoms with Crippen molar-refractivity contribution in [2.24, 2.45) is 11.8 Å². The summed E-state index contributed by atoms with van der Waals surface area (Å²) in [5.74, 6) is -0.375. The Balaban J connectivity index is 1.56. The Labute approximate surface area is 163 Å². The summed E-state index contributed by atoms with van der Waals surface area (Å²) >= 11 is 0. The van der Waals surface area contributed by atoms with Crippen LogP contribution in [-0.2, 0) is 9.59 Å². The van der Waals surface area contributed by atoms with Crippen LogP contribution < -0.4 is 15.0 Å². The first-order valence-corrected chi connectivity index (χ1v) is 9.52. The number of nitrogens with one attached hydrogen (secondary N) is 1. The molecule has 0 radical (unpaired) electrons. The summed E-state index contributed by atoms with van der Waals surface area (Å²) in [6.07, 6.45) is 3.50. The minimum atomic E-state index is -0.313. The minimum Gasteiger partial charge on any atom is -0.497 e. The van der Waals surface area contributed by atoms with Gasteiger partial charge < -0.3 is 10.1 Å². The normalized spacial score (nSPS) is 21.4. The number of imide groups is 1. The maximum absolute atomic E-state index is 12.8. The number of hydrogen-bond donors (Lipinski definition) is 1. The third-order valence-corrected chi connectivity index (χ3v) is 5.54. The number of anilines is 2. The average molecular weight is 378 g/mol. The van der Waals surface area contributed by atoms with E-state index in [1.54, 1.807) is 55.6 Å². The molecule has 2 aliphatic rings. The fourth-order valence-electron chi connectivity index (χ4n) is 4.11. The van der Waals surface area contributed by atoms with Gasteiger partial charge in [-0.05, 0) is 43.2 Å². The first kappa shape index (κ1) is 18.2. The lowest BCUT2D eigenvalue weighted by molar-refractivity contribution is -0.122. The van der Waals surface area contributed by atoms with Gasteiger partial charge in [-0.3, -0.25) is 19.3 Å². The van der Waals surface area contributed by atoms with Gasteiger partial charge >= 0.3 is 0 Å². The van der Waals surface area contributed by atoms with E-state index in [-0.39, 0.29) is 29.6 Å². The number of methoxy groups -OCH3 is 1. The molecule has 1 heterocycles. The molecule has 1 N–H and O–H groups in total. The number of carbonyl (C=O) groups excluding carboxylic acids is 3. The van der Waals surface area contributed by atoms with Crippen molar-refractivity contribution in [2.75, 3.05) is 17.3 Å². The molecule has 2 atom stereocenters. The van der Waals surface area contributed by atoms with Gasteiger partial charge in [0, 0.05) is 17.3 Å². The molecule has 0 spiro atoms. The zero-order valence-corrected chi connectivity index (χ0v) is 15.7. The predicted molar refractivity (Wildman–Crippen MR) is 105 cm³/mol. The van der Waals surface area contributed by atoms with Crippen LogP contribution in [0.15, 0.2) is 48.5 Å². The van der Waals surface area contributed by atoms with E-state index >= 15 is 0 Å². The molecule has 2 fully saturated rings. The van der Waals surface area contributed by atoms with Crippen molar-refractivity contribution >= 4 is 29.1 Å². The van der Waals surface area contributed by atoms with Gasteiger partial charge in [-0.25, -0.2) is 0 Å². The van der Waals surface area contributed by atoms with Gasteiger partial charge in [0.1, 0.15) is 5.75 Å². The van der Waals surface area contributed by atoms with Crippen molar-refractivity contribution in [3.8, 4) is 5.75 Å². The smallest absolute Gasteiger partial charge is 0.255 e. The van der Waals surface area contributed by atoms with Gasteiger partial charge in [0.25, 0.3) is 5.91 Å². The summed E-state index contributed by atoms with van der Waals surface area (Å²) in [4.78, 5) is 39.5. The molecule has 144 valence electrons. The molecule has 4 rings (SSSR count). The van der Waals surface area contributed by atoms with Crippen LogP contribution >= 0.6 is 0 Å². The Bertz CT molecular complexity index is 916. The van der Waals surface area contributed by atoms with Crippen molar-refractivity contribution in [1.82, 2.24) is 0 Å². The van der Waals surface area contributed by atoms with Gasteiger partial charge in [-0.1, -0.05) is 25.0 Å². The monoisotopic (exact) mass is 378 g/mol. The minimum absolute atomic E-state index is 0.139. The topological polar surface area (TPSA) is 75.7 Å². The summed E-state index contributed by atoms with van der Waals surface area (Å²) in [6.45, 7) is 0. The van der Waals surface area contributed by atoms with E-state index < -0.39 is 0 Å². The first-order valence-electron chi connectivity index (χ1n) is 9.52. The maximum atomic E-state index is 12.8. The summed E-state index contributed by atoms with van der Waals surface area (Å²) in [5.41, 5.74) is 1.45. The standard InChI is InChI=1S/C22H22N2O4/c1-28-17-9-5-7-15(13-17)23-20(25)14-6-4-8-16(12-14)24-21(26)18-10-2-3-11-19(18)22(24)27/h4-9,12-13,18-19H,2-3,10-11H2,1H3,(H,23,25)/t18-,19-/m0/s1. The van der Waals surface area contributed by atoms with Gasteiger partial charge in [-0.15, -0.1) is 0 Å². The molecule has 2 aromatic carbocycles. The van der Waals surface area contributed by atoms with Crippen LogP contribution in [0.4, 0.5) is 11.4 Å². The molecule has 0 aromatic heterocycles. The highest BCUT2D eigenvalue weighted by Crippen LogP contribution is 2.40. The number of nitrogens with zero attached hydrogens (tertiary/aromatic N) is 1. The van der Waals surface area contributed by atoms with E-state index in [0.717, 1.165) is 25.7 Å². The molecule has 2 aromatic rings. The van der Waals surface area contributed by atoms with Crippen molar-refractivity contribution in [3.05, 3.63) is 54.1 Å². The fraction of sp³-hybridized carbons (Fsp3) is 0.318. The molecule has 3 amide bonds. The predicted octanol–water partition coefficient (Wildman–Crippen LogP) is 3.63. The van der Waals surface area contributed by atoms with Crippen LogP contribution in [0.1, 0.15) is 36.0 Å². The highest BCUT2D eigenvalue weighted by atomic mass is 16.5. The van der Waals surface area contributed by atoms with E-state index in [2.05, 4.69) is 5.32 Å². The highest BCUT2D eigenvalue weighted by molar-refractivity contribution is 6.22. The number of hydrogen-bond acceptors (Lipinski definition) is 4. The lowest BCUT2D eigenvalue weighted by atomic mass is 9.81. The number of amides is 3. The molecular formula is C22H22N2O4. The Hall–Kier alpha value is -3.15. The molecule has 6 heteroatoms. The van der Waals surface area contributed by atoms with E-state index in [1.807, 2.05) is 0 Å². The first-order chi connectivity index (χ1) is 13.6. The van der Waals surface area contributed by atoms with Gasteiger partial charge in [0.2, 0.25) is 11.8 Å². The van der Waals surface area contributed by atoms with E-state index in [0.29, 0.717) is 22.7 Å². The van der Waals surface area contributed by atoms with Crippen LogP contribution in [0.2, 0.25) is 0 Å². The second kappa shape index (κ2) is 7.46. The average Bonchev–Trinajstić information content (AvgIpc) is 2.99. The summed E-state index contributed by atoms with van der Waals surface area (Å²) in [6, 6.07) is 13.7. The number of ether oxygens (including phenoxy) is 1. The van der Waals surface area contributed by atoms with Crippen molar-refractivity contribution < 1.29 is 19.1 Å². The van der Waals surface area contributed by atoms with Crippen LogP contribution in [0.5, 0.6) is 5.75 Å². The third-order valence-electron chi connectivity index (χ3n) is 5.54. The Kier molecular flexibility index (Phi) is 4.86. The molecule has 1 saturated heterocycles. The molecule has 1 saturated carbocycles. The Morgan fingerprint density at radius 3 is 2.36 bits per heavy atom. The molecule has 0 bridgehead atoms. The SMILES string of the molecule is COc1cccc(NC(=O)c2cccc(N3C(=O)[C@H]4CCCC[C@@H]4C3=O)c2)c1. The molecule has 28 heavy (non-hydrogen) atoms. The van der Waals surface area contributed by atoms with Crippen LogP contribution in [0.3, 0.4) is 0 Å². The lowest BCUT2D eigenvalue weighted by Gasteiger charge is -2.19. The quantitative estimate of drug-likeness (QED) is 0.825. The molecule has 6 nitrogen and oxygen atoms in total. The highest BCUT2D eigenvalue weighted by Gasteiger charge is 2.48. The number of rotatable bonds is 4. The second-order valence-electron chi connectivity index (χ2n) is 7.25. The zero-order chi connectivity index (χ0) is 19.7. The molecule has 0 unspecified atom stereocenters. The number of fused-ring (bicyclic) bond motifs is 1. The van der Waals surface area contributed by atoms with Crippen molar-refractivity contribution in [2.45, 2.75) is 25.7 Å². The van der Waals surface area contributed by atoms with Crippen LogP contribution in [0, 0.1) is 11.8 Å². The molecule has 1 aliphatic carbocycles. The summed E-state index contributed by atoms with van der Waals surface area (Å²) in [5, 5.41) is 2.82. The van der Waals surface area contributed by atoms with Gasteiger partial charge in [0.15, 0.2) is 0 Å². The summed E-state index contributed by atoms with van der Waals surface area (Å²) < 4.78 is 5.17. The number of carbonyl (C=O) groups is 3. The Morgan fingerprint density at radius 1 is 1.00 bits per heavy atom. The van der Waals surface area contributed by atoms with Gasteiger partial charge in [0.05, 0.1) is 24.6 Å². The second-order valence-corrected chi connectivity index (χ2v) is 7.25. The summed E-state index contributed by atoms with van der Waals surface area (Å²) in [7, 11) is 1.56. The largest absolute Gasteiger partial charge is 0.497 e. The van der Waals surface area contributed by atoms with Gasteiger partial charge in [-0.2, -0.15) is 0 Å².